The lowest BCUT2D eigenvalue weighted by Crippen LogP contribution is -2.37. The average Bonchev–Trinajstić information content (AvgIpc) is 2.25. The number of rotatable bonds is 3. The van der Waals surface area contributed by atoms with Gasteiger partial charge in [-0.3, -0.25) is 0 Å². The Labute approximate surface area is 119 Å². The minimum Gasteiger partial charge on any atom is -0.454 e. The molecule has 1 aromatic carbocycles. The molecule has 0 aromatic heterocycles. The minimum atomic E-state index is -4.02. The van der Waals surface area contributed by atoms with Gasteiger partial charge in [0.1, 0.15) is 11.0 Å². The average molecular weight is 325 g/mol. The quantitative estimate of drug-likeness (QED) is 0.629. The second kappa shape index (κ2) is 5.28. The van der Waals surface area contributed by atoms with Crippen LogP contribution >= 0.6 is 22.3 Å². The van der Waals surface area contributed by atoms with Gasteiger partial charge >= 0.3 is 5.97 Å². The highest BCUT2D eigenvalue weighted by Crippen LogP contribution is 2.29. The summed E-state index contributed by atoms with van der Waals surface area (Å²) in [6.07, 6.45) is -0.292. The monoisotopic (exact) mass is 324 g/mol. The molecule has 104 valence electrons. The zero-order valence-electron chi connectivity index (χ0n) is 9.85. The SMILES string of the molecule is Cc1cc(C(=O)OC2COC2)cc(S(=O)(=O)Cl)c1Cl. The summed E-state index contributed by atoms with van der Waals surface area (Å²) in [5.41, 5.74) is 0.522. The lowest BCUT2D eigenvalue weighted by atomic mass is 10.1. The van der Waals surface area contributed by atoms with Crippen LogP contribution in [0.3, 0.4) is 0 Å². The third-order valence-electron chi connectivity index (χ3n) is 2.60. The first-order chi connectivity index (χ1) is 8.79. The molecule has 1 aliphatic heterocycles. The second-order valence-corrected chi connectivity index (χ2v) is 7.02. The van der Waals surface area contributed by atoms with Crippen LogP contribution in [0, 0.1) is 6.92 Å². The first-order valence-electron chi connectivity index (χ1n) is 5.32. The van der Waals surface area contributed by atoms with Crippen LogP contribution in [0.1, 0.15) is 15.9 Å². The van der Waals surface area contributed by atoms with E-state index in [1.165, 1.54) is 6.07 Å². The van der Waals surface area contributed by atoms with Gasteiger partial charge in [-0.05, 0) is 24.6 Å². The largest absolute Gasteiger partial charge is 0.454 e. The van der Waals surface area contributed by atoms with Gasteiger partial charge in [0.25, 0.3) is 9.05 Å². The number of halogens is 2. The maximum atomic E-state index is 11.8. The van der Waals surface area contributed by atoms with E-state index in [-0.39, 0.29) is 21.6 Å². The summed E-state index contributed by atoms with van der Waals surface area (Å²) in [6, 6.07) is 2.56. The fourth-order valence-corrected chi connectivity index (χ4v) is 3.07. The molecule has 19 heavy (non-hydrogen) atoms. The van der Waals surface area contributed by atoms with E-state index in [4.69, 9.17) is 31.8 Å². The number of carbonyl (C=O) groups excluding carboxylic acids is 1. The topological polar surface area (TPSA) is 69.7 Å². The van der Waals surface area contributed by atoms with Gasteiger partial charge in [0.05, 0.1) is 23.8 Å². The third-order valence-corrected chi connectivity index (χ3v) is 4.56. The van der Waals surface area contributed by atoms with E-state index in [1.807, 2.05) is 0 Å². The van der Waals surface area contributed by atoms with Crippen molar-refractivity contribution in [3.8, 4) is 0 Å². The molecule has 1 aromatic rings. The maximum Gasteiger partial charge on any atom is 0.338 e. The van der Waals surface area contributed by atoms with Crippen molar-refractivity contribution in [2.45, 2.75) is 17.9 Å². The van der Waals surface area contributed by atoms with E-state index >= 15 is 0 Å². The molecule has 1 saturated heterocycles. The van der Waals surface area contributed by atoms with Gasteiger partial charge in [0.15, 0.2) is 0 Å². The summed E-state index contributed by atoms with van der Waals surface area (Å²) in [5, 5.41) is -0.00136. The number of carbonyl (C=O) groups is 1. The van der Waals surface area contributed by atoms with E-state index in [9.17, 15) is 13.2 Å². The first-order valence-corrected chi connectivity index (χ1v) is 8.01. The number of esters is 1. The fourth-order valence-electron chi connectivity index (χ4n) is 1.53. The van der Waals surface area contributed by atoms with E-state index in [0.29, 0.717) is 18.8 Å². The molecule has 1 fully saturated rings. The van der Waals surface area contributed by atoms with Crippen molar-refractivity contribution >= 4 is 37.3 Å². The summed E-state index contributed by atoms with van der Waals surface area (Å²) in [6.45, 7) is 2.27. The Hall–Kier alpha value is -0.820. The Kier molecular flexibility index (Phi) is 4.06. The minimum absolute atomic E-state index is 0.00136. The normalized spacial score (nSPS) is 15.9. The van der Waals surface area contributed by atoms with Gasteiger partial charge in [-0.15, -0.1) is 0 Å². The zero-order chi connectivity index (χ0) is 14.2. The molecule has 1 heterocycles. The summed E-state index contributed by atoms with van der Waals surface area (Å²) in [7, 11) is 1.25. The zero-order valence-corrected chi connectivity index (χ0v) is 12.2. The Morgan fingerprint density at radius 1 is 1.42 bits per heavy atom. The molecule has 1 aliphatic rings. The summed E-state index contributed by atoms with van der Waals surface area (Å²) >= 11 is 5.86. The molecular weight excluding hydrogens is 315 g/mol. The Bertz CT molecular complexity index is 622. The third kappa shape index (κ3) is 3.20. The number of hydrogen-bond acceptors (Lipinski definition) is 5. The highest BCUT2D eigenvalue weighted by Gasteiger charge is 2.25. The van der Waals surface area contributed by atoms with Crippen molar-refractivity contribution in [1.82, 2.24) is 0 Å². The summed E-state index contributed by atoms with van der Waals surface area (Å²) < 4.78 is 32.7. The van der Waals surface area contributed by atoms with Crippen LogP contribution in [0.25, 0.3) is 0 Å². The number of hydrogen-bond donors (Lipinski definition) is 0. The van der Waals surface area contributed by atoms with Crippen molar-refractivity contribution in [2.24, 2.45) is 0 Å². The van der Waals surface area contributed by atoms with Crippen LogP contribution < -0.4 is 0 Å². The van der Waals surface area contributed by atoms with Crippen LogP contribution in [0.4, 0.5) is 0 Å². The van der Waals surface area contributed by atoms with Gasteiger partial charge in [0.2, 0.25) is 0 Å². The Balaban J connectivity index is 2.36. The van der Waals surface area contributed by atoms with Gasteiger partial charge in [-0.1, -0.05) is 11.6 Å². The molecule has 0 bridgehead atoms. The van der Waals surface area contributed by atoms with Crippen molar-refractivity contribution in [3.05, 3.63) is 28.3 Å². The molecule has 0 radical (unpaired) electrons. The molecular formula is C11H10Cl2O5S. The van der Waals surface area contributed by atoms with Crippen LogP contribution in [-0.2, 0) is 18.5 Å². The molecule has 5 nitrogen and oxygen atoms in total. The second-order valence-electron chi connectivity index (χ2n) is 4.11. The standard InChI is InChI=1S/C11H10Cl2O5S/c1-6-2-7(11(14)18-8-4-17-5-8)3-9(10(6)12)19(13,15)16/h2-3,8H,4-5H2,1H3. The number of benzene rings is 1. The summed E-state index contributed by atoms with van der Waals surface area (Å²) in [5.74, 6) is -0.630. The van der Waals surface area contributed by atoms with E-state index in [0.717, 1.165) is 6.07 Å². The summed E-state index contributed by atoms with van der Waals surface area (Å²) in [4.78, 5) is 11.5. The van der Waals surface area contributed by atoms with Crippen LogP contribution in [-0.4, -0.2) is 33.7 Å². The molecule has 0 amide bonds. The smallest absolute Gasteiger partial charge is 0.338 e. The molecule has 8 heteroatoms. The van der Waals surface area contributed by atoms with Gasteiger partial charge in [-0.25, -0.2) is 13.2 Å². The molecule has 0 aliphatic carbocycles. The van der Waals surface area contributed by atoms with Gasteiger partial charge < -0.3 is 9.47 Å². The predicted octanol–water partition coefficient (Wildman–Crippen LogP) is 2.13. The molecule has 0 N–H and O–H groups in total. The highest BCUT2D eigenvalue weighted by atomic mass is 35.7. The lowest BCUT2D eigenvalue weighted by Gasteiger charge is -2.25. The molecule has 2 rings (SSSR count). The van der Waals surface area contributed by atoms with Crippen LogP contribution in [0.5, 0.6) is 0 Å². The number of ether oxygens (including phenoxy) is 2. The molecule has 0 unspecified atom stereocenters. The molecule has 0 spiro atoms. The van der Waals surface area contributed by atoms with Gasteiger partial charge in [0, 0.05) is 10.7 Å². The first kappa shape index (κ1) is 14.6. The number of aryl methyl sites for hydroxylation is 1. The predicted molar refractivity (Wildman–Crippen MR) is 69.3 cm³/mol. The van der Waals surface area contributed by atoms with Crippen molar-refractivity contribution < 1.29 is 22.7 Å². The Morgan fingerprint density at radius 3 is 2.53 bits per heavy atom. The fraction of sp³-hybridized carbons (Fsp3) is 0.364. The Morgan fingerprint density at radius 2 is 2.05 bits per heavy atom. The van der Waals surface area contributed by atoms with Crippen molar-refractivity contribution in [2.75, 3.05) is 13.2 Å². The highest BCUT2D eigenvalue weighted by molar-refractivity contribution is 8.13. The van der Waals surface area contributed by atoms with Crippen molar-refractivity contribution in [3.63, 3.8) is 0 Å². The van der Waals surface area contributed by atoms with E-state index in [1.54, 1.807) is 6.92 Å². The lowest BCUT2D eigenvalue weighted by molar-refractivity contribution is -0.103. The van der Waals surface area contributed by atoms with Crippen LogP contribution in [0.2, 0.25) is 5.02 Å². The maximum absolute atomic E-state index is 11.8. The van der Waals surface area contributed by atoms with Crippen molar-refractivity contribution in [1.29, 1.82) is 0 Å². The van der Waals surface area contributed by atoms with E-state index < -0.39 is 15.0 Å². The van der Waals surface area contributed by atoms with Gasteiger partial charge in [-0.2, -0.15) is 0 Å². The molecule has 0 atom stereocenters. The molecule has 0 saturated carbocycles. The van der Waals surface area contributed by atoms with E-state index in [2.05, 4.69) is 0 Å². The van der Waals surface area contributed by atoms with Crippen LogP contribution in [0.15, 0.2) is 17.0 Å².